The maximum atomic E-state index is 12.1. The van der Waals surface area contributed by atoms with E-state index in [1.54, 1.807) is 24.3 Å². The number of nitrogens with zero attached hydrogens (tertiary/aromatic N) is 1. The van der Waals surface area contributed by atoms with Crippen LogP contribution in [0.1, 0.15) is 19.8 Å². The molecule has 1 fully saturated rings. The number of anilines is 1. The standard InChI is InChI=1S/C14H18N2O3/c1-10(11-7-8-11)19-14(18)16(13(17)9-15)12-5-3-2-4-6-12/h2-6,10-11H,7-9,15H2,1H3. The first-order valence-corrected chi connectivity index (χ1v) is 6.42. The molecular formula is C14H18N2O3. The number of rotatable bonds is 4. The normalized spacial score (nSPS) is 15.7. The number of hydrogen-bond acceptors (Lipinski definition) is 4. The van der Waals surface area contributed by atoms with Gasteiger partial charge in [0.15, 0.2) is 0 Å². The topological polar surface area (TPSA) is 72.6 Å². The highest BCUT2D eigenvalue weighted by Gasteiger charge is 2.33. The van der Waals surface area contributed by atoms with E-state index in [4.69, 9.17) is 10.5 Å². The molecule has 5 nitrogen and oxygen atoms in total. The van der Waals surface area contributed by atoms with Crippen molar-refractivity contribution in [2.45, 2.75) is 25.9 Å². The number of imide groups is 1. The van der Waals surface area contributed by atoms with Gasteiger partial charge in [0, 0.05) is 0 Å². The van der Waals surface area contributed by atoms with E-state index >= 15 is 0 Å². The summed E-state index contributed by atoms with van der Waals surface area (Å²) in [5, 5.41) is 0. The van der Waals surface area contributed by atoms with E-state index in [2.05, 4.69) is 0 Å². The van der Waals surface area contributed by atoms with Crippen molar-refractivity contribution in [3.63, 3.8) is 0 Å². The minimum atomic E-state index is -0.652. The lowest BCUT2D eigenvalue weighted by Gasteiger charge is -2.22. The van der Waals surface area contributed by atoms with Gasteiger partial charge in [0.2, 0.25) is 5.91 Å². The highest BCUT2D eigenvalue weighted by atomic mass is 16.6. The molecule has 2 N–H and O–H groups in total. The molecule has 19 heavy (non-hydrogen) atoms. The van der Waals surface area contributed by atoms with Gasteiger partial charge in [0.05, 0.1) is 12.2 Å². The molecule has 0 spiro atoms. The molecule has 1 aromatic rings. The summed E-state index contributed by atoms with van der Waals surface area (Å²) in [7, 11) is 0. The van der Waals surface area contributed by atoms with Crippen molar-refractivity contribution >= 4 is 17.7 Å². The van der Waals surface area contributed by atoms with Gasteiger partial charge < -0.3 is 10.5 Å². The Labute approximate surface area is 112 Å². The maximum absolute atomic E-state index is 12.1. The summed E-state index contributed by atoms with van der Waals surface area (Å²) < 4.78 is 5.32. The first kappa shape index (κ1) is 13.5. The van der Waals surface area contributed by atoms with E-state index in [9.17, 15) is 9.59 Å². The Morgan fingerprint density at radius 2 is 2.00 bits per heavy atom. The van der Waals surface area contributed by atoms with Crippen molar-refractivity contribution in [3.8, 4) is 0 Å². The lowest BCUT2D eigenvalue weighted by Crippen LogP contribution is -2.42. The zero-order valence-corrected chi connectivity index (χ0v) is 10.9. The third-order valence-corrected chi connectivity index (χ3v) is 3.19. The summed E-state index contributed by atoms with van der Waals surface area (Å²) in [6.45, 7) is 1.62. The largest absolute Gasteiger partial charge is 0.446 e. The molecule has 0 saturated heterocycles. The second kappa shape index (κ2) is 5.84. The fraction of sp³-hybridized carbons (Fsp3) is 0.429. The van der Waals surface area contributed by atoms with E-state index in [1.807, 2.05) is 13.0 Å². The second-order valence-corrected chi connectivity index (χ2v) is 4.70. The molecule has 5 heteroatoms. The van der Waals surface area contributed by atoms with Crippen LogP contribution in [0.4, 0.5) is 10.5 Å². The smallest absolute Gasteiger partial charge is 0.421 e. The molecule has 1 aromatic carbocycles. The molecule has 0 heterocycles. The van der Waals surface area contributed by atoms with Crippen LogP contribution < -0.4 is 10.6 Å². The van der Waals surface area contributed by atoms with E-state index in [1.165, 1.54) is 0 Å². The maximum Gasteiger partial charge on any atom is 0.421 e. The highest BCUT2D eigenvalue weighted by molar-refractivity contribution is 6.12. The van der Waals surface area contributed by atoms with Crippen LogP contribution in [0.2, 0.25) is 0 Å². The van der Waals surface area contributed by atoms with Crippen LogP contribution in [-0.2, 0) is 9.53 Å². The van der Waals surface area contributed by atoms with Gasteiger partial charge in [-0.05, 0) is 37.8 Å². The Balaban J connectivity index is 2.13. The number of para-hydroxylation sites is 1. The molecular weight excluding hydrogens is 244 g/mol. The highest BCUT2D eigenvalue weighted by Crippen LogP contribution is 2.34. The summed E-state index contributed by atoms with van der Waals surface area (Å²) in [5.41, 5.74) is 5.83. The Kier molecular flexibility index (Phi) is 4.16. The minimum absolute atomic E-state index is 0.163. The van der Waals surface area contributed by atoms with Gasteiger partial charge in [0.25, 0.3) is 0 Å². The van der Waals surface area contributed by atoms with Crippen molar-refractivity contribution in [3.05, 3.63) is 30.3 Å². The molecule has 0 bridgehead atoms. The van der Waals surface area contributed by atoms with E-state index < -0.39 is 12.0 Å². The van der Waals surface area contributed by atoms with Crippen LogP contribution in [0.15, 0.2) is 30.3 Å². The first-order valence-electron chi connectivity index (χ1n) is 6.42. The molecule has 2 amide bonds. The molecule has 0 aromatic heterocycles. The van der Waals surface area contributed by atoms with Crippen LogP contribution in [-0.4, -0.2) is 24.6 Å². The Morgan fingerprint density at radius 3 is 2.53 bits per heavy atom. The quantitative estimate of drug-likeness (QED) is 0.899. The van der Waals surface area contributed by atoms with Crippen molar-refractivity contribution in [2.75, 3.05) is 11.4 Å². The summed E-state index contributed by atoms with van der Waals surface area (Å²) in [5.74, 6) is -0.0475. The molecule has 1 atom stereocenters. The lowest BCUT2D eigenvalue weighted by atomic mass is 10.2. The van der Waals surface area contributed by atoms with Crippen molar-refractivity contribution in [2.24, 2.45) is 11.7 Å². The average Bonchev–Trinajstić information content (AvgIpc) is 3.24. The Morgan fingerprint density at radius 1 is 1.37 bits per heavy atom. The SMILES string of the molecule is CC(OC(=O)N(C(=O)CN)c1ccccc1)C1CC1. The number of ether oxygens (including phenoxy) is 1. The van der Waals surface area contributed by atoms with Crippen LogP contribution >= 0.6 is 0 Å². The van der Waals surface area contributed by atoms with Crippen LogP contribution in [0.3, 0.4) is 0 Å². The Hall–Kier alpha value is -1.88. The molecule has 102 valence electrons. The molecule has 1 aliphatic carbocycles. The van der Waals surface area contributed by atoms with Gasteiger partial charge in [-0.15, -0.1) is 0 Å². The van der Waals surface area contributed by atoms with Gasteiger partial charge in [-0.25, -0.2) is 9.69 Å². The first-order chi connectivity index (χ1) is 9.13. The summed E-state index contributed by atoms with van der Waals surface area (Å²) >= 11 is 0. The fourth-order valence-electron chi connectivity index (χ4n) is 1.89. The average molecular weight is 262 g/mol. The molecule has 0 radical (unpaired) electrons. The van der Waals surface area contributed by atoms with Crippen molar-refractivity contribution in [1.82, 2.24) is 0 Å². The number of carbonyl (C=O) groups is 2. The van der Waals surface area contributed by atoms with Crippen LogP contribution in [0.5, 0.6) is 0 Å². The molecule has 1 saturated carbocycles. The van der Waals surface area contributed by atoms with Gasteiger partial charge in [0.1, 0.15) is 6.10 Å². The van der Waals surface area contributed by atoms with Gasteiger partial charge >= 0.3 is 6.09 Å². The van der Waals surface area contributed by atoms with Crippen molar-refractivity contribution < 1.29 is 14.3 Å². The van der Waals surface area contributed by atoms with E-state index in [0.717, 1.165) is 17.7 Å². The number of hydrogen-bond donors (Lipinski definition) is 1. The van der Waals surface area contributed by atoms with Crippen LogP contribution in [0.25, 0.3) is 0 Å². The van der Waals surface area contributed by atoms with E-state index in [0.29, 0.717) is 11.6 Å². The third-order valence-electron chi connectivity index (χ3n) is 3.19. The zero-order valence-electron chi connectivity index (χ0n) is 10.9. The molecule has 1 unspecified atom stereocenters. The van der Waals surface area contributed by atoms with E-state index in [-0.39, 0.29) is 12.6 Å². The molecule has 2 rings (SSSR count). The molecule has 1 aliphatic rings. The second-order valence-electron chi connectivity index (χ2n) is 4.70. The Bertz CT molecular complexity index is 457. The van der Waals surface area contributed by atoms with Gasteiger partial charge in [-0.3, -0.25) is 4.79 Å². The number of benzene rings is 1. The van der Waals surface area contributed by atoms with Gasteiger partial charge in [-0.1, -0.05) is 18.2 Å². The number of amides is 2. The summed E-state index contributed by atoms with van der Waals surface area (Å²) in [4.78, 5) is 24.9. The third kappa shape index (κ3) is 3.32. The predicted molar refractivity (Wildman–Crippen MR) is 71.6 cm³/mol. The summed E-state index contributed by atoms with van der Waals surface area (Å²) in [6.07, 6.45) is 1.33. The zero-order chi connectivity index (χ0) is 13.8. The summed E-state index contributed by atoms with van der Waals surface area (Å²) in [6, 6.07) is 8.67. The lowest BCUT2D eigenvalue weighted by molar-refractivity contribution is -0.117. The van der Waals surface area contributed by atoms with Crippen molar-refractivity contribution in [1.29, 1.82) is 0 Å². The van der Waals surface area contributed by atoms with Gasteiger partial charge in [-0.2, -0.15) is 0 Å². The number of carbonyl (C=O) groups excluding carboxylic acids is 2. The number of nitrogens with two attached hydrogens (primary N) is 1. The fourth-order valence-corrected chi connectivity index (χ4v) is 1.89. The molecule has 0 aliphatic heterocycles. The monoisotopic (exact) mass is 262 g/mol. The predicted octanol–water partition coefficient (Wildman–Crippen LogP) is 1.91. The minimum Gasteiger partial charge on any atom is -0.446 e. The van der Waals surface area contributed by atoms with Crippen LogP contribution in [0, 0.1) is 5.92 Å².